The van der Waals surface area contributed by atoms with Gasteiger partial charge in [0.2, 0.25) is 0 Å². The van der Waals surface area contributed by atoms with E-state index in [4.69, 9.17) is 5.84 Å². The topological polar surface area (TPSA) is 67.1 Å². The van der Waals surface area contributed by atoms with Crippen molar-refractivity contribution in [2.45, 2.75) is 39.8 Å². The van der Waals surface area contributed by atoms with Crippen LogP contribution in [0, 0.1) is 5.92 Å². The summed E-state index contributed by atoms with van der Waals surface area (Å²) in [5.41, 5.74) is 3.55. The Morgan fingerprint density at radius 1 is 1.44 bits per heavy atom. The molecule has 1 unspecified atom stereocenters. The quantitative estimate of drug-likeness (QED) is 0.588. The van der Waals surface area contributed by atoms with Crippen LogP contribution in [0.25, 0.3) is 0 Å². The van der Waals surface area contributed by atoms with E-state index in [1.807, 2.05) is 0 Å². The van der Waals surface area contributed by atoms with Crippen molar-refractivity contribution in [3.05, 3.63) is 5.69 Å². The molecule has 0 aliphatic heterocycles. The number of nitrogens with one attached hydrogen (secondary N) is 1. The van der Waals surface area contributed by atoms with Crippen LogP contribution in [0.4, 0.5) is 5.00 Å². The lowest BCUT2D eigenvalue weighted by Gasteiger charge is -2.25. The molecule has 0 saturated carbocycles. The second-order valence-corrected chi connectivity index (χ2v) is 5.34. The highest BCUT2D eigenvalue weighted by atomic mass is 32.1. The van der Waals surface area contributed by atoms with Crippen LogP contribution in [0.1, 0.15) is 32.9 Å². The number of hydrazine groups is 1. The van der Waals surface area contributed by atoms with Crippen LogP contribution in [0.15, 0.2) is 0 Å². The molecule has 6 heteroatoms. The molecule has 0 saturated heterocycles. The molecule has 1 heterocycles. The maximum absolute atomic E-state index is 5.39. The van der Waals surface area contributed by atoms with Gasteiger partial charge in [-0.05, 0) is 26.3 Å². The van der Waals surface area contributed by atoms with Crippen LogP contribution in [-0.2, 0) is 6.54 Å². The molecule has 1 rings (SSSR count). The van der Waals surface area contributed by atoms with E-state index in [1.54, 1.807) is 0 Å². The van der Waals surface area contributed by atoms with Gasteiger partial charge in [-0.2, -0.15) is 0 Å². The Morgan fingerprint density at radius 3 is 2.69 bits per heavy atom. The van der Waals surface area contributed by atoms with Crippen molar-refractivity contribution in [1.82, 2.24) is 14.5 Å². The second kappa shape index (κ2) is 6.12. The maximum Gasteiger partial charge on any atom is 0.148 e. The number of aromatic nitrogens is 2. The van der Waals surface area contributed by atoms with E-state index in [1.165, 1.54) is 18.0 Å². The first-order valence-corrected chi connectivity index (χ1v) is 6.30. The van der Waals surface area contributed by atoms with Gasteiger partial charge < -0.3 is 5.43 Å². The first-order valence-electron chi connectivity index (χ1n) is 5.52. The largest absolute Gasteiger partial charge is 0.313 e. The first-order chi connectivity index (χ1) is 7.54. The third-order valence-corrected chi connectivity index (χ3v) is 3.35. The second-order valence-electron chi connectivity index (χ2n) is 4.59. The standard InChI is InChI=1S/C10H21N5S/c1-7(2)5-8(3)15(4)6-9-10(12-11)16-14-13-9/h7-8,12H,5-6,11H2,1-4H3. The number of nitrogens with zero attached hydrogens (tertiary/aromatic N) is 3. The molecule has 16 heavy (non-hydrogen) atoms. The van der Waals surface area contributed by atoms with E-state index in [2.05, 4.69) is 47.7 Å². The zero-order valence-electron chi connectivity index (χ0n) is 10.4. The molecular formula is C10H21N5S. The molecule has 0 spiro atoms. The lowest BCUT2D eigenvalue weighted by Crippen LogP contribution is -2.30. The minimum atomic E-state index is 0.535. The lowest BCUT2D eigenvalue weighted by molar-refractivity contribution is 0.218. The highest BCUT2D eigenvalue weighted by Gasteiger charge is 2.15. The SMILES string of the molecule is CC(C)CC(C)N(C)Cc1nnsc1NN. The minimum absolute atomic E-state index is 0.535. The van der Waals surface area contributed by atoms with Gasteiger partial charge in [-0.1, -0.05) is 18.3 Å². The zero-order chi connectivity index (χ0) is 12.1. The minimum Gasteiger partial charge on any atom is -0.313 e. The van der Waals surface area contributed by atoms with E-state index < -0.39 is 0 Å². The van der Waals surface area contributed by atoms with Crippen molar-refractivity contribution in [2.75, 3.05) is 12.5 Å². The Morgan fingerprint density at radius 2 is 2.12 bits per heavy atom. The summed E-state index contributed by atoms with van der Waals surface area (Å²) in [6, 6.07) is 0.535. The third kappa shape index (κ3) is 3.70. The summed E-state index contributed by atoms with van der Waals surface area (Å²) in [6.45, 7) is 7.49. The molecule has 1 aromatic heterocycles. The van der Waals surface area contributed by atoms with Crippen molar-refractivity contribution in [3.63, 3.8) is 0 Å². The zero-order valence-corrected chi connectivity index (χ0v) is 11.2. The van der Waals surface area contributed by atoms with E-state index >= 15 is 0 Å². The predicted octanol–water partition coefficient (Wildman–Crippen LogP) is 1.69. The van der Waals surface area contributed by atoms with Crippen molar-refractivity contribution >= 4 is 16.5 Å². The molecule has 0 radical (unpaired) electrons. The summed E-state index contributed by atoms with van der Waals surface area (Å²) in [4.78, 5) is 2.28. The number of nitrogens with two attached hydrogens (primary N) is 1. The summed E-state index contributed by atoms with van der Waals surface area (Å²) in [5, 5.41) is 4.92. The third-order valence-electron chi connectivity index (χ3n) is 2.65. The van der Waals surface area contributed by atoms with E-state index in [-0.39, 0.29) is 0 Å². The molecule has 0 aliphatic carbocycles. The Hall–Kier alpha value is -0.720. The normalized spacial score (nSPS) is 13.4. The Kier molecular flexibility index (Phi) is 5.11. The van der Waals surface area contributed by atoms with Crippen molar-refractivity contribution in [3.8, 4) is 0 Å². The summed E-state index contributed by atoms with van der Waals surface area (Å²) in [5.74, 6) is 6.10. The van der Waals surface area contributed by atoms with Gasteiger partial charge in [0, 0.05) is 24.1 Å². The lowest BCUT2D eigenvalue weighted by atomic mass is 10.0. The summed E-state index contributed by atoms with van der Waals surface area (Å²) in [6.07, 6.45) is 1.18. The number of hydrogen-bond acceptors (Lipinski definition) is 6. The Bertz CT molecular complexity index is 312. The van der Waals surface area contributed by atoms with Crippen LogP contribution in [0.2, 0.25) is 0 Å². The highest BCUT2D eigenvalue weighted by Crippen LogP contribution is 2.19. The van der Waals surface area contributed by atoms with Gasteiger partial charge in [-0.15, -0.1) is 5.10 Å². The van der Waals surface area contributed by atoms with Gasteiger partial charge >= 0.3 is 0 Å². The van der Waals surface area contributed by atoms with Gasteiger partial charge in [0.1, 0.15) is 10.7 Å². The number of anilines is 1. The molecule has 1 atom stereocenters. The molecule has 0 bridgehead atoms. The molecule has 3 N–H and O–H groups in total. The van der Waals surface area contributed by atoms with Crippen LogP contribution >= 0.6 is 11.5 Å². The number of rotatable bonds is 6. The van der Waals surface area contributed by atoms with Crippen LogP contribution in [0.3, 0.4) is 0 Å². The molecule has 5 nitrogen and oxygen atoms in total. The van der Waals surface area contributed by atoms with E-state index in [9.17, 15) is 0 Å². The van der Waals surface area contributed by atoms with Crippen LogP contribution < -0.4 is 11.3 Å². The van der Waals surface area contributed by atoms with Gasteiger partial charge in [0.05, 0.1) is 0 Å². The fraction of sp³-hybridized carbons (Fsp3) is 0.800. The smallest absolute Gasteiger partial charge is 0.148 e. The number of hydrogen-bond donors (Lipinski definition) is 2. The van der Waals surface area contributed by atoms with E-state index in [0.717, 1.165) is 17.2 Å². The van der Waals surface area contributed by atoms with Crippen molar-refractivity contribution in [2.24, 2.45) is 11.8 Å². The predicted molar refractivity (Wildman–Crippen MR) is 68.1 cm³/mol. The molecule has 0 amide bonds. The highest BCUT2D eigenvalue weighted by molar-refractivity contribution is 7.10. The monoisotopic (exact) mass is 243 g/mol. The maximum atomic E-state index is 5.39. The van der Waals surface area contributed by atoms with E-state index in [0.29, 0.717) is 12.0 Å². The first kappa shape index (κ1) is 13.3. The Labute approximate surface area is 101 Å². The molecule has 1 aromatic rings. The molecule has 0 aliphatic rings. The fourth-order valence-corrected chi connectivity index (χ4v) is 2.16. The van der Waals surface area contributed by atoms with Gasteiger partial charge in [0.25, 0.3) is 0 Å². The fourth-order valence-electron chi connectivity index (χ4n) is 1.68. The molecule has 0 aromatic carbocycles. The van der Waals surface area contributed by atoms with Crippen molar-refractivity contribution < 1.29 is 0 Å². The Balaban J connectivity index is 2.53. The molecule has 92 valence electrons. The van der Waals surface area contributed by atoms with Crippen LogP contribution in [-0.4, -0.2) is 27.6 Å². The summed E-state index contributed by atoms with van der Waals surface area (Å²) in [7, 11) is 2.10. The molecule has 0 fully saturated rings. The summed E-state index contributed by atoms with van der Waals surface area (Å²) < 4.78 is 3.89. The van der Waals surface area contributed by atoms with Gasteiger partial charge in [-0.25, -0.2) is 5.84 Å². The number of nitrogen functional groups attached to an aromatic ring is 1. The van der Waals surface area contributed by atoms with Gasteiger partial charge in [0.15, 0.2) is 0 Å². The average molecular weight is 243 g/mol. The van der Waals surface area contributed by atoms with Gasteiger partial charge in [-0.3, -0.25) is 4.90 Å². The van der Waals surface area contributed by atoms with Crippen LogP contribution in [0.5, 0.6) is 0 Å². The van der Waals surface area contributed by atoms with Crippen molar-refractivity contribution in [1.29, 1.82) is 0 Å². The summed E-state index contributed by atoms with van der Waals surface area (Å²) >= 11 is 1.29. The molecular weight excluding hydrogens is 222 g/mol. The average Bonchev–Trinajstić information content (AvgIpc) is 2.64.